The maximum Gasteiger partial charge on any atom is 0.150 e. The van der Waals surface area contributed by atoms with Crippen LogP contribution in [-0.4, -0.2) is 41.0 Å². The molecule has 0 spiro atoms. The number of rotatable bonds is 2. The number of nitrogens with one attached hydrogen (secondary N) is 1. The molecule has 1 aliphatic rings. The standard InChI is InChI=1S/C10H16ClN5/c1-16-4-2-7(3-5-16)15-10-8(11)9(12)13-6-14-10/h6-7H,2-5H2,1H3,(H3,12,13,14,15). The first-order valence-corrected chi connectivity index (χ1v) is 5.75. The third-order valence-corrected chi connectivity index (χ3v) is 3.25. The molecular formula is C10H16ClN5. The molecule has 1 saturated heterocycles. The van der Waals surface area contributed by atoms with E-state index in [1.54, 1.807) is 0 Å². The van der Waals surface area contributed by atoms with Gasteiger partial charge in [-0.05, 0) is 33.0 Å². The summed E-state index contributed by atoms with van der Waals surface area (Å²) in [5.74, 6) is 0.968. The normalized spacial score (nSPS) is 18.6. The second kappa shape index (κ2) is 4.84. The smallest absolute Gasteiger partial charge is 0.150 e. The molecule has 0 amide bonds. The summed E-state index contributed by atoms with van der Waals surface area (Å²) >= 11 is 6.02. The fourth-order valence-corrected chi connectivity index (χ4v) is 1.98. The van der Waals surface area contributed by atoms with E-state index in [1.807, 2.05) is 0 Å². The predicted octanol–water partition coefficient (Wildman–Crippen LogP) is 1.22. The molecule has 0 saturated carbocycles. The highest BCUT2D eigenvalue weighted by Gasteiger charge is 2.18. The van der Waals surface area contributed by atoms with E-state index in [9.17, 15) is 0 Å². The zero-order chi connectivity index (χ0) is 11.5. The summed E-state index contributed by atoms with van der Waals surface area (Å²) in [5.41, 5.74) is 5.62. The van der Waals surface area contributed by atoms with E-state index in [-0.39, 0.29) is 0 Å². The molecule has 0 aliphatic carbocycles. The van der Waals surface area contributed by atoms with E-state index in [1.165, 1.54) is 6.33 Å². The quantitative estimate of drug-likeness (QED) is 0.815. The molecule has 2 rings (SSSR count). The van der Waals surface area contributed by atoms with Crippen molar-refractivity contribution in [3.8, 4) is 0 Å². The van der Waals surface area contributed by atoms with Gasteiger partial charge in [0.25, 0.3) is 0 Å². The van der Waals surface area contributed by atoms with Gasteiger partial charge in [-0.15, -0.1) is 0 Å². The van der Waals surface area contributed by atoms with E-state index < -0.39 is 0 Å². The van der Waals surface area contributed by atoms with E-state index in [4.69, 9.17) is 17.3 Å². The Morgan fingerprint density at radius 2 is 2.12 bits per heavy atom. The first-order chi connectivity index (χ1) is 7.66. The van der Waals surface area contributed by atoms with E-state index in [0.29, 0.717) is 22.7 Å². The van der Waals surface area contributed by atoms with Crippen molar-refractivity contribution in [1.29, 1.82) is 0 Å². The number of nitrogens with two attached hydrogens (primary N) is 1. The van der Waals surface area contributed by atoms with Gasteiger partial charge in [0.1, 0.15) is 17.2 Å². The zero-order valence-electron chi connectivity index (χ0n) is 9.28. The number of piperidine rings is 1. The minimum absolute atomic E-state index is 0.326. The van der Waals surface area contributed by atoms with Gasteiger partial charge in [0.05, 0.1) is 0 Å². The molecule has 0 bridgehead atoms. The maximum atomic E-state index is 6.02. The van der Waals surface area contributed by atoms with Crippen molar-refractivity contribution in [2.45, 2.75) is 18.9 Å². The average Bonchev–Trinajstić information content (AvgIpc) is 2.28. The van der Waals surface area contributed by atoms with Crippen LogP contribution in [0, 0.1) is 0 Å². The van der Waals surface area contributed by atoms with Gasteiger partial charge in [0.15, 0.2) is 5.82 Å². The number of halogens is 1. The van der Waals surface area contributed by atoms with Crippen LogP contribution in [0.3, 0.4) is 0 Å². The third-order valence-electron chi connectivity index (χ3n) is 2.88. The first-order valence-electron chi connectivity index (χ1n) is 5.38. The molecule has 1 fully saturated rings. The summed E-state index contributed by atoms with van der Waals surface area (Å²) < 4.78 is 0. The number of hydrogen-bond donors (Lipinski definition) is 2. The predicted molar refractivity (Wildman–Crippen MR) is 65.6 cm³/mol. The Morgan fingerprint density at radius 1 is 1.44 bits per heavy atom. The van der Waals surface area contributed by atoms with Gasteiger partial charge in [-0.2, -0.15) is 0 Å². The second-order valence-electron chi connectivity index (χ2n) is 4.14. The lowest BCUT2D eigenvalue weighted by atomic mass is 10.1. The first kappa shape index (κ1) is 11.4. The van der Waals surface area contributed by atoms with Crippen molar-refractivity contribution in [2.75, 3.05) is 31.2 Å². The summed E-state index contributed by atoms with van der Waals surface area (Å²) in [4.78, 5) is 10.2. The van der Waals surface area contributed by atoms with Gasteiger partial charge in [-0.25, -0.2) is 9.97 Å². The summed E-state index contributed by atoms with van der Waals surface area (Å²) in [5, 5.41) is 3.74. The minimum atomic E-state index is 0.326. The number of hydrogen-bond acceptors (Lipinski definition) is 5. The van der Waals surface area contributed by atoms with Gasteiger partial charge in [-0.1, -0.05) is 11.6 Å². The van der Waals surface area contributed by atoms with Crippen LogP contribution in [0.15, 0.2) is 6.33 Å². The lowest BCUT2D eigenvalue weighted by Gasteiger charge is -2.29. The van der Waals surface area contributed by atoms with Gasteiger partial charge in [0, 0.05) is 6.04 Å². The van der Waals surface area contributed by atoms with Crippen LogP contribution in [0.25, 0.3) is 0 Å². The largest absolute Gasteiger partial charge is 0.382 e. The summed E-state index contributed by atoms with van der Waals surface area (Å²) in [7, 11) is 2.13. The molecule has 5 nitrogen and oxygen atoms in total. The fraction of sp³-hybridized carbons (Fsp3) is 0.600. The second-order valence-corrected chi connectivity index (χ2v) is 4.52. The molecule has 0 atom stereocenters. The molecule has 1 aromatic rings. The summed E-state index contributed by atoms with van der Waals surface area (Å²) in [6.07, 6.45) is 3.62. The number of aromatic nitrogens is 2. The molecular weight excluding hydrogens is 226 g/mol. The van der Waals surface area contributed by atoms with Crippen molar-refractivity contribution in [1.82, 2.24) is 14.9 Å². The summed E-state index contributed by atoms with van der Waals surface area (Å²) in [6.45, 7) is 2.19. The van der Waals surface area contributed by atoms with E-state index in [0.717, 1.165) is 25.9 Å². The zero-order valence-corrected chi connectivity index (χ0v) is 10.0. The SMILES string of the molecule is CN1CCC(Nc2ncnc(N)c2Cl)CC1. The van der Waals surface area contributed by atoms with Crippen LogP contribution in [0.1, 0.15) is 12.8 Å². The molecule has 1 aliphatic heterocycles. The molecule has 2 heterocycles. The van der Waals surface area contributed by atoms with Crippen LogP contribution in [-0.2, 0) is 0 Å². The van der Waals surface area contributed by atoms with Crippen LogP contribution in [0.5, 0.6) is 0 Å². The monoisotopic (exact) mass is 241 g/mol. The molecule has 0 unspecified atom stereocenters. The molecule has 3 N–H and O–H groups in total. The molecule has 0 aromatic carbocycles. The Balaban J connectivity index is 2.01. The highest BCUT2D eigenvalue weighted by Crippen LogP contribution is 2.25. The molecule has 1 aromatic heterocycles. The van der Waals surface area contributed by atoms with Crippen molar-refractivity contribution >= 4 is 23.2 Å². The van der Waals surface area contributed by atoms with Crippen LogP contribution < -0.4 is 11.1 Å². The van der Waals surface area contributed by atoms with Crippen LogP contribution >= 0.6 is 11.6 Å². The van der Waals surface area contributed by atoms with Gasteiger partial charge in [0.2, 0.25) is 0 Å². The Morgan fingerprint density at radius 3 is 2.81 bits per heavy atom. The fourth-order valence-electron chi connectivity index (χ4n) is 1.83. The Bertz CT molecular complexity index is 362. The van der Waals surface area contributed by atoms with Gasteiger partial charge >= 0.3 is 0 Å². The molecule has 16 heavy (non-hydrogen) atoms. The molecule has 6 heteroatoms. The summed E-state index contributed by atoms with van der Waals surface area (Å²) in [6, 6.07) is 0.419. The number of likely N-dealkylation sites (tertiary alicyclic amines) is 1. The average molecular weight is 242 g/mol. The van der Waals surface area contributed by atoms with Crippen molar-refractivity contribution < 1.29 is 0 Å². The highest BCUT2D eigenvalue weighted by atomic mass is 35.5. The van der Waals surface area contributed by atoms with Crippen molar-refractivity contribution in [2.24, 2.45) is 0 Å². The van der Waals surface area contributed by atoms with Crippen LogP contribution in [0.4, 0.5) is 11.6 Å². The van der Waals surface area contributed by atoms with E-state index in [2.05, 4.69) is 27.2 Å². The molecule has 0 radical (unpaired) electrons. The lowest BCUT2D eigenvalue weighted by Crippen LogP contribution is -2.37. The highest BCUT2D eigenvalue weighted by molar-refractivity contribution is 6.35. The maximum absolute atomic E-state index is 6.02. The number of nitrogens with zero attached hydrogens (tertiary/aromatic N) is 3. The third kappa shape index (κ3) is 2.54. The van der Waals surface area contributed by atoms with Crippen molar-refractivity contribution in [3.05, 3.63) is 11.3 Å². The molecule has 88 valence electrons. The van der Waals surface area contributed by atoms with Crippen LogP contribution in [0.2, 0.25) is 5.02 Å². The van der Waals surface area contributed by atoms with Gasteiger partial charge < -0.3 is 16.0 Å². The van der Waals surface area contributed by atoms with E-state index >= 15 is 0 Å². The Labute approximate surface area is 100 Å². The Hall–Kier alpha value is -1.07. The number of anilines is 2. The topological polar surface area (TPSA) is 67.1 Å². The van der Waals surface area contributed by atoms with Crippen molar-refractivity contribution in [3.63, 3.8) is 0 Å². The van der Waals surface area contributed by atoms with Gasteiger partial charge in [-0.3, -0.25) is 0 Å². The Kier molecular flexibility index (Phi) is 3.46. The number of nitrogen functional groups attached to an aromatic ring is 1. The minimum Gasteiger partial charge on any atom is -0.382 e. The lowest BCUT2D eigenvalue weighted by molar-refractivity contribution is 0.263.